The molecule has 1 aromatic carbocycles. The number of hydrogen-bond donors (Lipinski definition) is 2. The standard InChI is InChI=1S/C17H24N4O/c1-14(17(2,3)15-7-5-4-6-8-15)20-16(22)19-10-12-21-11-9-18-13-21/h4-9,11,13-14H,10,12H2,1-3H3,(H2,19,20,22)/t14-/m0/s1. The molecule has 0 bridgehead atoms. The molecule has 0 fully saturated rings. The van der Waals surface area contributed by atoms with Gasteiger partial charge in [-0.3, -0.25) is 0 Å². The van der Waals surface area contributed by atoms with Crippen LogP contribution in [0.3, 0.4) is 0 Å². The molecule has 1 atom stereocenters. The molecule has 2 rings (SSSR count). The first-order valence-electron chi connectivity index (χ1n) is 7.56. The number of benzene rings is 1. The molecular weight excluding hydrogens is 276 g/mol. The average Bonchev–Trinajstić information content (AvgIpc) is 3.01. The summed E-state index contributed by atoms with van der Waals surface area (Å²) in [5.74, 6) is 0. The summed E-state index contributed by atoms with van der Waals surface area (Å²) in [5, 5.41) is 5.90. The number of carbonyl (C=O) groups is 1. The third-order valence-electron chi connectivity index (χ3n) is 4.16. The molecule has 0 aliphatic carbocycles. The largest absolute Gasteiger partial charge is 0.336 e. The molecule has 2 N–H and O–H groups in total. The maximum atomic E-state index is 12.0. The summed E-state index contributed by atoms with van der Waals surface area (Å²) in [7, 11) is 0. The van der Waals surface area contributed by atoms with Crippen molar-refractivity contribution in [3.63, 3.8) is 0 Å². The summed E-state index contributed by atoms with van der Waals surface area (Å²) in [4.78, 5) is 16.0. The lowest BCUT2D eigenvalue weighted by Crippen LogP contribution is -2.49. The first kappa shape index (κ1) is 16.1. The van der Waals surface area contributed by atoms with Gasteiger partial charge in [0.05, 0.1) is 6.33 Å². The zero-order valence-corrected chi connectivity index (χ0v) is 13.4. The van der Waals surface area contributed by atoms with Crippen molar-refractivity contribution >= 4 is 6.03 Å². The summed E-state index contributed by atoms with van der Waals surface area (Å²) < 4.78 is 1.93. The van der Waals surface area contributed by atoms with Crippen LogP contribution in [0, 0.1) is 0 Å². The van der Waals surface area contributed by atoms with Crippen LogP contribution in [0.5, 0.6) is 0 Å². The Morgan fingerprint density at radius 1 is 1.32 bits per heavy atom. The Balaban J connectivity index is 1.82. The van der Waals surface area contributed by atoms with Gasteiger partial charge in [-0.25, -0.2) is 9.78 Å². The van der Waals surface area contributed by atoms with Crippen molar-refractivity contribution in [2.24, 2.45) is 0 Å². The topological polar surface area (TPSA) is 59.0 Å². The molecule has 0 saturated heterocycles. The van der Waals surface area contributed by atoms with E-state index in [1.807, 2.05) is 35.9 Å². The van der Waals surface area contributed by atoms with E-state index in [0.29, 0.717) is 13.1 Å². The quantitative estimate of drug-likeness (QED) is 0.861. The van der Waals surface area contributed by atoms with Gasteiger partial charge in [0.2, 0.25) is 0 Å². The zero-order valence-electron chi connectivity index (χ0n) is 13.4. The third-order valence-corrected chi connectivity index (χ3v) is 4.16. The monoisotopic (exact) mass is 300 g/mol. The first-order chi connectivity index (χ1) is 10.5. The van der Waals surface area contributed by atoms with Crippen LogP contribution < -0.4 is 10.6 Å². The molecule has 0 unspecified atom stereocenters. The Bertz CT molecular complexity index is 578. The van der Waals surface area contributed by atoms with E-state index in [0.717, 1.165) is 0 Å². The number of hydrogen-bond acceptors (Lipinski definition) is 2. The van der Waals surface area contributed by atoms with Gasteiger partial charge in [-0.1, -0.05) is 44.2 Å². The SMILES string of the molecule is C[C@H](NC(=O)NCCn1ccnc1)C(C)(C)c1ccccc1. The van der Waals surface area contributed by atoms with Crippen molar-refractivity contribution in [3.8, 4) is 0 Å². The predicted octanol–water partition coefficient (Wildman–Crippen LogP) is 2.55. The highest BCUT2D eigenvalue weighted by atomic mass is 16.2. The molecule has 0 aliphatic heterocycles. The van der Waals surface area contributed by atoms with Crippen LogP contribution in [0.4, 0.5) is 4.79 Å². The molecule has 2 amide bonds. The number of urea groups is 1. The maximum Gasteiger partial charge on any atom is 0.315 e. The Labute approximate surface area is 131 Å². The van der Waals surface area contributed by atoms with Gasteiger partial charge in [0.1, 0.15) is 0 Å². The van der Waals surface area contributed by atoms with Gasteiger partial charge in [0.25, 0.3) is 0 Å². The molecular formula is C17H24N4O. The van der Waals surface area contributed by atoms with Crippen LogP contribution in [0.2, 0.25) is 0 Å². The zero-order chi connectivity index (χ0) is 16.0. The van der Waals surface area contributed by atoms with Gasteiger partial charge < -0.3 is 15.2 Å². The summed E-state index contributed by atoms with van der Waals surface area (Å²) in [6, 6.07) is 10.1. The fourth-order valence-electron chi connectivity index (χ4n) is 2.26. The van der Waals surface area contributed by atoms with E-state index in [2.05, 4.69) is 41.6 Å². The number of nitrogens with zero attached hydrogens (tertiary/aromatic N) is 2. The van der Waals surface area contributed by atoms with Crippen molar-refractivity contribution in [1.82, 2.24) is 20.2 Å². The van der Waals surface area contributed by atoms with Gasteiger partial charge in [0.15, 0.2) is 0 Å². The van der Waals surface area contributed by atoms with Crippen molar-refractivity contribution in [2.75, 3.05) is 6.54 Å². The molecule has 0 spiro atoms. The summed E-state index contributed by atoms with van der Waals surface area (Å²) in [5.41, 5.74) is 1.07. The van der Waals surface area contributed by atoms with Gasteiger partial charge >= 0.3 is 6.03 Å². The Morgan fingerprint density at radius 3 is 2.68 bits per heavy atom. The summed E-state index contributed by atoms with van der Waals surface area (Å²) in [6.07, 6.45) is 5.34. The van der Waals surface area contributed by atoms with Crippen LogP contribution in [0.15, 0.2) is 49.1 Å². The number of aromatic nitrogens is 2. The van der Waals surface area contributed by atoms with E-state index in [-0.39, 0.29) is 17.5 Å². The minimum Gasteiger partial charge on any atom is -0.336 e. The van der Waals surface area contributed by atoms with Gasteiger partial charge in [-0.15, -0.1) is 0 Å². The smallest absolute Gasteiger partial charge is 0.315 e. The molecule has 2 aromatic rings. The molecule has 5 heteroatoms. The fourth-order valence-corrected chi connectivity index (χ4v) is 2.26. The van der Waals surface area contributed by atoms with Gasteiger partial charge in [-0.05, 0) is 12.5 Å². The maximum absolute atomic E-state index is 12.0. The second kappa shape index (κ2) is 7.11. The van der Waals surface area contributed by atoms with E-state index in [1.165, 1.54) is 5.56 Å². The second-order valence-corrected chi connectivity index (χ2v) is 6.01. The highest BCUT2D eigenvalue weighted by Gasteiger charge is 2.28. The molecule has 0 aliphatic rings. The summed E-state index contributed by atoms with van der Waals surface area (Å²) >= 11 is 0. The number of rotatable bonds is 6. The predicted molar refractivity (Wildman–Crippen MR) is 87.7 cm³/mol. The Hall–Kier alpha value is -2.30. The fraction of sp³-hybridized carbons (Fsp3) is 0.412. The molecule has 0 saturated carbocycles. The highest BCUT2D eigenvalue weighted by molar-refractivity contribution is 5.74. The summed E-state index contributed by atoms with van der Waals surface area (Å²) in [6.45, 7) is 7.59. The first-order valence-corrected chi connectivity index (χ1v) is 7.56. The van der Waals surface area contributed by atoms with Crippen molar-refractivity contribution in [2.45, 2.75) is 38.8 Å². The van der Waals surface area contributed by atoms with E-state index < -0.39 is 0 Å². The molecule has 5 nitrogen and oxygen atoms in total. The number of carbonyl (C=O) groups excluding carboxylic acids is 1. The minimum absolute atomic E-state index is 0.0168. The molecule has 0 radical (unpaired) electrons. The normalized spacial score (nSPS) is 12.7. The molecule has 1 heterocycles. The van der Waals surface area contributed by atoms with Crippen molar-refractivity contribution in [3.05, 3.63) is 54.6 Å². The van der Waals surface area contributed by atoms with Crippen LogP contribution in [-0.4, -0.2) is 28.2 Å². The van der Waals surface area contributed by atoms with Crippen LogP contribution >= 0.6 is 0 Å². The van der Waals surface area contributed by atoms with Crippen LogP contribution in [-0.2, 0) is 12.0 Å². The Morgan fingerprint density at radius 2 is 2.05 bits per heavy atom. The Kier molecular flexibility index (Phi) is 5.20. The van der Waals surface area contributed by atoms with E-state index in [4.69, 9.17) is 0 Å². The number of imidazole rings is 1. The van der Waals surface area contributed by atoms with Crippen LogP contribution in [0.1, 0.15) is 26.3 Å². The number of nitrogens with one attached hydrogen (secondary N) is 2. The highest BCUT2D eigenvalue weighted by Crippen LogP contribution is 2.26. The van der Waals surface area contributed by atoms with E-state index in [1.54, 1.807) is 12.5 Å². The van der Waals surface area contributed by atoms with E-state index in [9.17, 15) is 4.79 Å². The van der Waals surface area contributed by atoms with Gasteiger partial charge in [-0.2, -0.15) is 0 Å². The van der Waals surface area contributed by atoms with Crippen molar-refractivity contribution < 1.29 is 4.79 Å². The van der Waals surface area contributed by atoms with E-state index >= 15 is 0 Å². The second-order valence-electron chi connectivity index (χ2n) is 6.01. The van der Waals surface area contributed by atoms with Crippen molar-refractivity contribution in [1.29, 1.82) is 0 Å². The van der Waals surface area contributed by atoms with Crippen LogP contribution in [0.25, 0.3) is 0 Å². The van der Waals surface area contributed by atoms with Gasteiger partial charge in [0, 0.05) is 36.9 Å². The lowest BCUT2D eigenvalue weighted by atomic mass is 9.78. The minimum atomic E-state index is -0.142. The lowest BCUT2D eigenvalue weighted by molar-refractivity contribution is 0.231. The lowest BCUT2D eigenvalue weighted by Gasteiger charge is -2.33. The molecule has 22 heavy (non-hydrogen) atoms. The molecule has 118 valence electrons. The molecule has 1 aromatic heterocycles. The average molecular weight is 300 g/mol. The third kappa shape index (κ3) is 4.10. The number of amides is 2.